The molecule has 0 bridgehead atoms. The lowest BCUT2D eigenvalue weighted by molar-refractivity contribution is -0.166. The van der Waals surface area contributed by atoms with Gasteiger partial charge in [-0.25, -0.2) is 0 Å². The third-order valence-electron chi connectivity index (χ3n) is 10.8. The van der Waals surface area contributed by atoms with Crippen molar-refractivity contribution in [1.82, 2.24) is 0 Å². The Morgan fingerprint density at radius 3 is 1.14 bits per heavy atom. The predicted molar refractivity (Wildman–Crippen MR) is 274 cm³/mol. The molecule has 0 N–H and O–H groups in total. The first-order chi connectivity index (χ1) is 31.5. The molecule has 0 fully saturated rings. The highest BCUT2D eigenvalue weighted by molar-refractivity contribution is 5.71. The van der Waals surface area contributed by atoms with Crippen LogP contribution in [0, 0.1) is 0 Å². The second kappa shape index (κ2) is 52.0. The summed E-state index contributed by atoms with van der Waals surface area (Å²) in [5.74, 6) is -1.08. The lowest BCUT2D eigenvalue weighted by atomic mass is 10.1. The summed E-state index contributed by atoms with van der Waals surface area (Å²) in [4.78, 5) is 37.9. The van der Waals surface area contributed by atoms with E-state index in [2.05, 4.69) is 112 Å². The molecule has 0 aliphatic rings. The maximum atomic E-state index is 12.8. The van der Waals surface area contributed by atoms with E-state index in [0.717, 1.165) is 64.2 Å². The van der Waals surface area contributed by atoms with Crippen molar-refractivity contribution in [2.45, 2.75) is 239 Å². The second-order valence-electron chi connectivity index (χ2n) is 17.1. The van der Waals surface area contributed by atoms with Crippen LogP contribution in [-0.4, -0.2) is 37.2 Å². The van der Waals surface area contributed by atoms with Crippen molar-refractivity contribution < 1.29 is 28.6 Å². The maximum absolute atomic E-state index is 12.8. The molecular weight excluding hydrogens is 793 g/mol. The van der Waals surface area contributed by atoms with E-state index in [9.17, 15) is 14.4 Å². The number of rotatable bonds is 46. The first kappa shape index (κ1) is 60.3. The molecule has 364 valence electrons. The third-order valence-corrected chi connectivity index (χ3v) is 10.8. The fourth-order valence-electron chi connectivity index (χ4n) is 6.83. The zero-order valence-corrected chi connectivity index (χ0v) is 41.5. The van der Waals surface area contributed by atoms with Gasteiger partial charge >= 0.3 is 17.9 Å². The van der Waals surface area contributed by atoms with Crippen LogP contribution in [0.25, 0.3) is 0 Å². The summed E-state index contributed by atoms with van der Waals surface area (Å²) in [5.41, 5.74) is 0. The summed E-state index contributed by atoms with van der Waals surface area (Å²) < 4.78 is 16.7. The standard InChI is InChI=1S/C58H96O6/c1-4-7-10-13-16-19-22-25-27-29-31-33-36-39-42-45-48-51-57(60)63-54-55(53-62-56(59)50-47-44-41-38-35-32-24-21-18-15-12-9-6-3)64-58(61)52-49-46-43-40-37-34-30-28-26-23-20-17-14-11-8-5-2/h16,19,25,27-28,30-35,37,39,41-42,44,55H,4-15,17-18,20-24,26,29,36,38,40,43,45-54H2,1-3H3/b19-16-,27-25-,30-28-,33-31-,35-32-,37-34-,42-39-,44-41-. The number of carbonyl (C=O) groups excluding carboxylic acids is 3. The molecule has 0 spiro atoms. The van der Waals surface area contributed by atoms with Crippen LogP contribution < -0.4 is 0 Å². The largest absolute Gasteiger partial charge is 0.462 e. The summed E-state index contributed by atoms with van der Waals surface area (Å²) in [6.07, 6.45) is 68.4. The highest BCUT2D eigenvalue weighted by Crippen LogP contribution is 2.12. The summed E-state index contributed by atoms with van der Waals surface area (Å²) in [5, 5.41) is 0. The summed E-state index contributed by atoms with van der Waals surface area (Å²) in [7, 11) is 0. The molecule has 0 rings (SSSR count). The Morgan fingerprint density at radius 2 is 0.656 bits per heavy atom. The molecule has 64 heavy (non-hydrogen) atoms. The van der Waals surface area contributed by atoms with Gasteiger partial charge in [0.15, 0.2) is 6.10 Å². The van der Waals surface area contributed by atoms with Crippen LogP contribution in [0.3, 0.4) is 0 Å². The molecular formula is C58H96O6. The lowest BCUT2D eigenvalue weighted by Crippen LogP contribution is -2.30. The molecule has 0 aliphatic heterocycles. The molecule has 0 aromatic rings. The predicted octanol–water partition coefficient (Wildman–Crippen LogP) is 17.4. The van der Waals surface area contributed by atoms with Crippen LogP contribution in [-0.2, 0) is 28.6 Å². The Bertz CT molecular complexity index is 1300. The molecule has 0 aromatic carbocycles. The summed E-state index contributed by atoms with van der Waals surface area (Å²) in [6.45, 7) is 6.46. The van der Waals surface area contributed by atoms with E-state index >= 15 is 0 Å². The SMILES string of the molecule is CCCCC/C=C\C/C=C\C/C=C\C/C=C\CCCC(=O)OCC(COC(=O)CC/C=C\C/C=C\CCCCCCCC)OC(=O)CCCCC/C=C\C=C/CCCCCCCCC. The molecule has 0 radical (unpaired) electrons. The van der Waals surface area contributed by atoms with Gasteiger partial charge in [0, 0.05) is 19.3 Å². The number of hydrogen-bond acceptors (Lipinski definition) is 6. The summed E-state index contributed by atoms with van der Waals surface area (Å²) >= 11 is 0. The number of esters is 3. The molecule has 1 atom stereocenters. The van der Waals surface area contributed by atoms with Gasteiger partial charge in [0.2, 0.25) is 0 Å². The first-order valence-electron chi connectivity index (χ1n) is 26.3. The van der Waals surface area contributed by atoms with Gasteiger partial charge in [-0.1, -0.05) is 208 Å². The highest BCUT2D eigenvalue weighted by Gasteiger charge is 2.19. The minimum atomic E-state index is -0.836. The molecule has 6 heteroatoms. The zero-order valence-electron chi connectivity index (χ0n) is 41.5. The Morgan fingerprint density at radius 1 is 0.328 bits per heavy atom. The van der Waals surface area contributed by atoms with Gasteiger partial charge in [0.25, 0.3) is 0 Å². The number of hydrogen-bond donors (Lipinski definition) is 0. The molecule has 0 saturated carbocycles. The van der Waals surface area contributed by atoms with Crippen LogP contribution >= 0.6 is 0 Å². The van der Waals surface area contributed by atoms with Gasteiger partial charge in [-0.15, -0.1) is 0 Å². The number of carbonyl (C=O) groups is 3. The zero-order chi connectivity index (χ0) is 46.5. The van der Waals surface area contributed by atoms with E-state index in [1.54, 1.807) is 0 Å². The van der Waals surface area contributed by atoms with Crippen molar-refractivity contribution in [3.63, 3.8) is 0 Å². The molecule has 6 nitrogen and oxygen atoms in total. The minimum Gasteiger partial charge on any atom is -0.462 e. The van der Waals surface area contributed by atoms with Gasteiger partial charge in [0.1, 0.15) is 13.2 Å². The Hall–Kier alpha value is -3.67. The fourth-order valence-corrected chi connectivity index (χ4v) is 6.83. The van der Waals surface area contributed by atoms with Crippen molar-refractivity contribution in [2.24, 2.45) is 0 Å². The molecule has 0 aliphatic carbocycles. The van der Waals surface area contributed by atoms with Gasteiger partial charge in [0.05, 0.1) is 0 Å². The van der Waals surface area contributed by atoms with Gasteiger partial charge in [-0.05, 0) is 103 Å². The van der Waals surface area contributed by atoms with Crippen LogP contribution in [0.5, 0.6) is 0 Å². The van der Waals surface area contributed by atoms with Crippen molar-refractivity contribution >= 4 is 17.9 Å². The molecule has 0 aromatic heterocycles. The van der Waals surface area contributed by atoms with E-state index in [-0.39, 0.29) is 50.4 Å². The second-order valence-corrected chi connectivity index (χ2v) is 17.1. The van der Waals surface area contributed by atoms with Crippen LogP contribution in [0.15, 0.2) is 97.2 Å². The summed E-state index contributed by atoms with van der Waals surface area (Å²) in [6, 6.07) is 0. The van der Waals surface area contributed by atoms with Crippen LogP contribution in [0.2, 0.25) is 0 Å². The van der Waals surface area contributed by atoms with E-state index in [4.69, 9.17) is 14.2 Å². The van der Waals surface area contributed by atoms with E-state index < -0.39 is 6.10 Å². The fraction of sp³-hybridized carbons (Fsp3) is 0.672. The van der Waals surface area contributed by atoms with Crippen molar-refractivity contribution in [2.75, 3.05) is 13.2 Å². The van der Waals surface area contributed by atoms with Gasteiger partial charge in [-0.2, -0.15) is 0 Å². The van der Waals surface area contributed by atoms with Crippen molar-refractivity contribution in [3.8, 4) is 0 Å². The number of allylic oxidation sites excluding steroid dienone is 16. The van der Waals surface area contributed by atoms with E-state index in [0.29, 0.717) is 19.3 Å². The van der Waals surface area contributed by atoms with Crippen molar-refractivity contribution in [3.05, 3.63) is 97.2 Å². The van der Waals surface area contributed by atoms with Crippen molar-refractivity contribution in [1.29, 1.82) is 0 Å². The molecule has 1 unspecified atom stereocenters. The quantitative estimate of drug-likeness (QED) is 0.0199. The molecule has 0 saturated heterocycles. The lowest BCUT2D eigenvalue weighted by Gasteiger charge is -2.18. The maximum Gasteiger partial charge on any atom is 0.306 e. The van der Waals surface area contributed by atoms with Crippen LogP contribution in [0.1, 0.15) is 233 Å². The van der Waals surface area contributed by atoms with Gasteiger partial charge in [-0.3, -0.25) is 14.4 Å². The third kappa shape index (κ3) is 49.3. The van der Waals surface area contributed by atoms with Crippen LogP contribution in [0.4, 0.5) is 0 Å². The first-order valence-corrected chi connectivity index (χ1v) is 26.3. The molecule has 0 heterocycles. The number of unbranched alkanes of at least 4 members (excludes halogenated alkanes) is 20. The topological polar surface area (TPSA) is 78.9 Å². The van der Waals surface area contributed by atoms with Gasteiger partial charge < -0.3 is 14.2 Å². The average molecular weight is 889 g/mol. The normalized spacial score (nSPS) is 12.9. The monoisotopic (exact) mass is 889 g/mol. The Kier molecular flexibility index (Phi) is 49.0. The minimum absolute atomic E-state index is 0.134. The Balaban J connectivity index is 4.59. The number of ether oxygens (including phenoxy) is 3. The Labute approximate surface area is 394 Å². The average Bonchev–Trinajstić information content (AvgIpc) is 3.29. The highest BCUT2D eigenvalue weighted by atomic mass is 16.6. The molecule has 0 amide bonds. The van der Waals surface area contributed by atoms with E-state index in [1.807, 2.05) is 6.08 Å². The smallest absolute Gasteiger partial charge is 0.306 e. The van der Waals surface area contributed by atoms with E-state index in [1.165, 1.54) is 109 Å².